The van der Waals surface area contributed by atoms with Gasteiger partial charge in [-0.05, 0) is 66.5 Å². The number of hydrogen-bond donors (Lipinski definition) is 0. The van der Waals surface area contributed by atoms with Crippen molar-refractivity contribution in [3.63, 3.8) is 0 Å². The molecule has 1 aromatic carbocycles. The number of pyridine rings is 1. The fourth-order valence-corrected chi connectivity index (χ4v) is 3.64. The van der Waals surface area contributed by atoms with Crippen molar-refractivity contribution in [2.75, 3.05) is 0 Å². The van der Waals surface area contributed by atoms with E-state index in [4.69, 9.17) is 5.26 Å². The van der Waals surface area contributed by atoms with E-state index < -0.39 is 6.04 Å². The van der Waals surface area contributed by atoms with E-state index in [0.717, 1.165) is 21.4 Å². The Morgan fingerprint density at radius 1 is 1.18 bits per heavy atom. The lowest BCUT2D eigenvalue weighted by Gasteiger charge is -2.15. The molecule has 0 aliphatic rings. The molecule has 0 radical (unpaired) electrons. The highest BCUT2D eigenvalue weighted by atomic mass is 79.9. The number of Topliss-reactive ketones (excluding diaryl/α,β-unsaturated/α-hetero) is 1. The van der Waals surface area contributed by atoms with Crippen LogP contribution in [-0.4, -0.2) is 14.9 Å². The monoisotopic (exact) mass is 437 g/mol. The predicted octanol–water partition coefficient (Wildman–Crippen LogP) is 4.39. The minimum absolute atomic E-state index is 0.0978. The molecule has 1 atom stereocenters. The maximum absolute atomic E-state index is 13.1. The molecule has 5 nitrogen and oxygen atoms in total. The predicted molar refractivity (Wildman–Crippen MR) is 112 cm³/mol. The first-order valence-corrected chi connectivity index (χ1v) is 9.68. The quantitative estimate of drug-likeness (QED) is 0.555. The fraction of sp³-hybridized carbons (Fsp3) is 0.227. The van der Waals surface area contributed by atoms with Crippen LogP contribution in [0, 0.1) is 25.2 Å². The van der Waals surface area contributed by atoms with Gasteiger partial charge in [0.2, 0.25) is 0 Å². The Labute approximate surface area is 172 Å². The number of carbonyl (C=O) groups excluding carboxylic acids is 1. The summed E-state index contributed by atoms with van der Waals surface area (Å²) in [4.78, 5) is 25.3. The van der Waals surface area contributed by atoms with E-state index in [0.29, 0.717) is 17.7 Å². The highest BCUT2D eigenvalue weighted by Gasteiger charge is 2.23. The minimum atomic E-state index is -0.603. The maximum atomic E-state index is 13.1. The van der Waals surface area contributed by atoms with Gasteiger partial charge in [0, 0.05) is 40.2 Å². The normalized spacial score (nSPS) is 11.8. The molecule has 2 aromatic heterocycles. The SMILES string of the molecule is Cc1cc(C(=O)C(C)n2cc(Br)ccc2=O)c(C)n1Cc1ccc(C#N)cc1. The van der Waals surface area contributed by atoms with Crippen LogP contribution in [0.4, 0.5) is 0 Å². The Morgan fingerprint density at radius 2 is 1.86 bits per heavy atom. The molecule has 0 fully saturated rings. The highest BCUT2D eigenvalue weighted by molar-refractivity contribution is 9.10. The van der Waals surface area contributed by atoms with Gasteiger partial charge in [-0.15, -0.1) is 0 Å². The number of aryl methyl sites for hydroxylation is 1. The first-order valence-electron chi connectivity index (χ1n) is 8.89. The van der Waals surface area contributed by atoms with E-state index >= 15 is 0 Å². The molecule has 3 aromatic rings. The van der Waals surface area contributed by atoms with Crippen LogP contribution >= 0.6 is 15.9 Å². The van der Waals surface area contributed by atoms with Gasteiger partial charge in [0.15, 0.2) is 5.78 Å². The maximum Gasteiger partial charge on any atom is 0.251 e. The van der Waals surface area contributed by atoms with Crippen molar-refractivity contribution < 1.29 is 4.79 Å². The number of nitriles is 1. The van der Waals surface area contributed by atoms with Crippen molar-refractivity contribution in [1.29, 1.82) is 5.26 Å². The number of benzene rings is 1. The molecule has 142 valence electrons. The van der Waals surface area contributed by atoms with Gasteiger partial charge in [-0.1, -0.05) is 12.1 Å². The second-order valence-electron chi connectivity index (χ2n) is 6.81. The van der Waals surface area contributed by atoms with Crippen LogP contribution in [0.3, 0.4) is 0 Å². The van der Waals surface area contributed by atoms with Gasteiger partial charge >= 0.3 is 0 Å². The average Bonchev–Trinajstić information content (AvgIpc) is 2.97. The topological polar surface area (TPSA) is 67.8 Å². The van der Waals surface area contributed by atoms with Gasteiger partial charge in [0.1, 0.15) is 0 Å². The molecule has 0 saturated heterocycles. The molecular formula is C22H20BrN3O2. The zero-order chi connectivity index (χ0) is 20.4. The van der Waals surface area contributed by atoms with Crippen LogP contribution in [0.25, 0.3) is 0 Å². The van der Waals surface area contributed by atoms with Crippen LogP contribution in [0.1, 0.15) is 45.8 Å². The number of nitrogens with zero attached hydrogens (tertiary/aromatic N) is 3. The van der Waals surface area contributed by atoms with E-state index in [2.05, 4.69) is 26.6 Å². The third-order valence-corrected chi connectivity index (χ3v) is 5.43. The van der Waals surface area contributed by atoms with Gasteiger partial charge in [0.05, 0.1) is 17.7 Å². The summed E-state index contributed by atoms with van der Waals surface area (Å²) in [5.41, 5.74) is 3.91. The Morgan fingerprint density at radius 3 is 2.50 bits per heavy atom. The molecule has 0 saturated carbocycles. The molecule has 0 N–H and O–H groups in total. The lowest BCUT2D eigenvalue weighted by Crippen LogP contribution is -2.27. The van der Waals surface area contributed by atoms with Crippen molar-refractivity contribution in [2.45, 2.75) is 33.4 Å². The Hall–Kier alpha value is -2.91. The van der Waals surface area contributed by atoms with Crippen molar-refractivity contribution in [3.05, 3.63) is 91.6 Å². The Kier molecular flexibility index (Phi) is 5.66. The molecule has 28 heavy (non-hydrogen) atoms. The van der Waals surface area contributed by atoms with E-state index in [1.807, 2.05) is 32.0 Å². The van der Waals surface area contributed by atoms with Crippen molar-refractivity contribution in [1.82, 2.24) is 9.13 Å². The lowest BCUT2D eigenvalue weighted by molar-refractivity contribution is 0.0932. The molecular weight excluding hydrogens is 418 g/mol. The number of carbonyl (C=O) groups is 1. The van der Waals surface area contributed by atoms with Crippen molar-refractivity contribution in [3.8, 4) is 6.07 Å². The zero-order valence-electron chi connectivity index (χ0n) is 15.9. The Balaban J connectivity index is 1.92. The summed E-state index contributed by atoms with van der Waals surface area (Å²) in [5.74, 6) is -0.0978. The van der Waals surface area contributed by atoms with Gasteiger partial charge in [-0.2, -0.15) is 5.26 Å². The number of hydrogen-bond acceptors (Lipinski definition) is 3. The third-order valence-electron chi connectivity index (χ3n) is 4.96. The third kappa shape index (κ3) is 3.85. The minimum Gasteiger partial charge on any atom is -0.344 e. The molecule has 6 heteroatoms. The molecule has 0 aliphatic carbocycles. The standard InChI is InChI=1S/C22H20BrN3O2/c1-14-10-20(22(28)16(3)26-13-19(23)8-9-21(26)27)15(2)25(14)12-18-6-4-17(11-24)5-7-18/h4-10,13,16H,12H2,1-3H3. The van der Waals surface area contributed by atoms with Crippen molar-refractivity contribution >= 4 is 21.7 Å². The summed E-state index contributed by atoms with van der Waals surface area (Å²) in [5, 5.41) is 8.93. The van der Waals surface area contributed by atoms with Gasteiger partial charge in [-0.3, -0.25) is 9.59 Å². The number of rotatable bonds is 5. The van der Waals surface area contributed by atoms with E-state index in [1.54, 1.807) is 31.3 Å². The summed E-state index contributed by atoms with van der Waals surface area (Å²) in [6.07, 6.45) is 1.64. The number of aromatic nitrogens is 2. The number of halogens is 1. The summed E-state index contributed by atoms with van der Waals surface area (Å²) < 4.78 is 4.27. The van der Waals surface area contributed by atoms with Crippen LogP contribution < -0.4 is 5.56 Å². The first-order chi connectivity index (χ1) is 13.3. The molecule has 2 heterocycles. The second kappa shape index (κ2) is 7.99. The second-order valence-corrected chi connectivity index (χ2v) is 7.73. The van der Waals surface area contributed by atoms with E-state index in [9.17, 15) is 9.59 Å². The van der Waals surface area contributed by atoms with Gasteiger partial charge in [-0.25, -0.2) is 0 Å². The molecule has 0 spiro atoms. The molecule has 1 unspecified atom stereocenters. The lowest BCUT2D eigenvalue weighted by atomic mass is 10.1. The van der Waals surface area contributed by atoms with Crippen LogP contribution in [0.15, 0.2) is 57.9 Å². The fourth-order valence-electron chi connectivity index (χ4n) is 3.29. The van der Waals surface area contributed by atoms with Crippen LogP contribution in [-0.2, 0) is 6.54 Å². The average molecular weight is 438 g/mol. The molecule has 0 aliphatic heterocycles. The van der Waals surface area contributed by atoms with Crippen molar-refractivity contribution in [2.24, 2.45) is 0 Å². The first kappa shape index (κ1) is 19.8. The molecule has 0 bridgehead atoms. The Bertz CT molecular complexity index is 1130. The summed E-state index contributed by atoms with van der Waals surface area (Å²) in [6, 6.07) is 13.9. The summed E-state index contributed by atoms with van der Waals surface area (Å²) in [6.45, 7) is 6.23. The largest absolute Gasteiger partial charge is 0.344 e. The van der Waals surface area contributed by atoms with Gasteiger partial charge < -0.3 is 9.13 Å². The van der Waals surface area contributed by atoms with Gasteiger partial charge in [0.25, 0.3) is 5.56 Å². The molecule has 3 rings (SSSR count). The van der Waals surface area contributed by atoms with E-state index in [1.165, 1.54) is 10.6 Å². The van der Waals surface area contributed by atoms with E-state index in [-0.39, 0.29) is 11.3 Å². The summed E-state index contributed by atoms with van der Waals surface area (Å²) in [7, 11) is 0. The highest BCUT2D eigenvalue weighted by Crippen LogP contribution is 2.22. The smallest absolute Gasteiger partial charge is 0.251 e. The zero-order valence-corrected chi connectivity index (χ0v) is 17.5. The number of ketones is 1. The summed E-state index contributed by atoms with van der Waals surface area (Å²) >= 11 is 3.35. The van der Waals surface area contributed by atoms with Crippen LogP contribution in [0.5, 0.6) is 0 Å². The van der Waals surface area contributed by atoms with Crippen LogP contribution in [0.2, 0.25) is 0 Å². The molecule has 0 amide bonds.